The molecule has 3 nitrogen and oxygen atoms in total. The van der Waals surface area contributed by atoms with Crippen LogP contribution in [0.25, 0.3) is 0 Å². The van der Waals surface area contributed by atoms with Crippen molar-refractivity contribution < 1.29 is 5.11 Å². The van der Waals surface area contributed by atoms with E-state index in [1.165, 1.54) is 0 Å². The number of aliphatic hydroxyl groups is 1. The molecular weight excluding hydrogens is 220 g/mol. The molecule has 1 atom stereocenters. The number of aromatic nitrogens is 2. The molecule has 4 heteroatoms. The molecular formula is C12H20N2OS. The van der Waals surface area contributed by atoms with Crippen LogP contribution >= 0.6 is 11.8 Å². The van der Waals surface area contributed by atoms with Gasteiger partial charge in [0.1, 0.15) is 11.4 Å². The van der Waals surface area contributed by atoms with E-state index in [9.17, 15) is 5.11 Å². The molecule has 0 aliphatic carbocycles. The lowest BCUT2D eigenvalue weighted by molar-refractivity contribution is 0.00462. The van der Waals surface area contributed by atoms with Crippen molar-refractivity contribution in [2.45, 2.75) is 39.3 Å². The average Bonchev–Trinajstić information content (AvgIpc) is 2.63. The third-order valence-electron chi connectivity index (χ3n) is 3.08. The van der Waals surface area contributed by atoms with Crippen molar-refractivity contribution in [1.29, 1.82) is 0 Å². The van der Waals surface area contributed by atoms with Gasteiger partial charge in [-0.25, -0.2) is 4.98 Å². The van der Waals surface area contributed by atoms with Crippen molar-refractivity contribution in [3.05, 3.63) is 18.2 Å². The molecule has 16 heavy (non-hydrogen) atoms. The normalized spacial score (nSPS) is 29.2. The summed E-state index contributed by atoms with van der Waals surface area (Å²) >= 11 is 1.82. The summed E-state index contributed by atoms with van der Waals surface area (Å²) in [6, 6.07) is 0. The molecule has 1 N–H and O–H groups in total. The van der Waals surface area contributed by atoms with E-state index in [1.807, 2.05) is 22.5 Å². The second-order valence-electron chi connectivity index (χ2n) is 5.40. The van der Waals surface area contributed by atoms with E-state index in [2.05, 4.69) is 25.8 Å². The third-order valence-corrected chi connectivity index (χ3v) is 4.74. The molecule has 0 aromatic carbocycles. The minimum Gasteiger partial charge on any atom is -0.381 e. The maximum absolute atomic E-state index is 10.8. The highest BCUT2D eigenvalue weighted by Crippen LogP contribution is 2.43. The lowest BCUT2D eigenvalue weighted by atomic mass is 9.81. The highest BCUT2D eigenvalue weighted by molar-refractivity contribution is 7.99. The highest BCUT2D eigenvalue weighted by Gasteiger charge is 2.42. The second kappa shape index (κ2) is 4.08. The van der Waals surface area contributed by atoms with E-state index < -0.39 is 5.60 Å². The standard InChI is InChI=1S/C12H20N2OS/c1-4-14-6-5-13-10(14)12(15)7-11(2,3)8-16-9-12/h5-6,15H,4,7-9H2,1-3H3. The summed E-state index contributed by atoms with van der Waals surface area (Å²) in [5.74, 6) is 2.70. The van der Waals surface area contributed by atoms with Crippen molar-refractivity contribution in [3.63, 3.8) is 0 Å². The molecule has 2 heterocycles. The fraction of sp³-hybridized carbons (Fsp3) is 0.750. The number of nitrogens with zero attached hydrogens (tertiary/aromatic N) is 2. The zero-order valence-corrected chi connectivity index (χ0v) is 11.0. The third kappa shape index (κ3) is 2.13. The predicted octanol–water partition coefficient (Wildman–Crippen LogP) is 2.25. The zero-order chi connectivity index (χ0) is 11.8. The molecule has 0 spiro atoms. The molecule has 1 aromatic heterocycles. The molecule has 1 saturated heterocycles. The van der Waals surface area contributed by atoms with Crippen LogP contribution < -0.4 is 0 Å². The van der Waals surface area contributed by atoms with Gasteiger partial charge in [0, 0.05) is 24.7 Å². The van der Waals surface area contributed by atoms with Crippen molar-refractivity contribution in [3.8, 4) is 0 Å². The van der Waals surface area contributed by atoms with E-state index in [1.54, 1.807) is 6.20 Å². The number of hydrogen-bond acceptors (Lipinski definition) is 3. The number of hydrogen-bond donors (Lipinski definition) is 1. The van der Waals surface area contributed by atoms with E-state index in [0.717, 1.165) is 30.3 Å². The van der Waals surface area contributed by atoms with E-state index in [0.29, 0.717) is 0 Å². The fourth-order valence-electron chi connectivity index (χ4n) is 2.51. The zero-order valence-electron chi connectivity index (χ0n) is 10.2. The van der Waals surface area contributed by atoms with Crippen LogP contribution in [0, 0.1) is 5.41 Å². The quantitative estimate of drug-likeness (QED) is 0.861. The molecule has 0 radical (unpaired) electrons. The van der Waals surface area contributed by atoms with Gasteiger partial charge in [-0.2, -0.15) is 11.8 Å². The van der Waals surface area contributed by atoms with E-state index in [4.69, 9.17) is 0 Å². The first-order chi connectivity index (χ1) is 7.47. The van der Waals surface area contributed by atoms with Gasteiger partial charge in [0.25, 0.3) is 0 Å². The van der Waals surface area contributed by atoms with Gasteiger partial charge in [0.2, 0.25) is 0 Å². The van der Waals surface area contributed by atoms with Crippen molar-refractivity contribution >= 4 is 11.8 Å². The first kappa shape index (κ1) is 12.0. The van der Waals surface area contributed by atoms with Gasteiger partial charge >= 0.3 is 0 Å². The highest BCUT2D eigenvalue weighted by atomic mass is 32.2. The molecule has 1 aliphatic rings. The Balaban J connectivity index is 2.31. The first-order valence-electron chi connectivity index (χ1n) is 5.79. The Morgan fingerprint density at radius 2 is 2.25 bits per heavy atom. The number of thioether (sulfide) groups is 1. The Morgan fingerprint density at radius 3 is 2.88 bits per heavy atom. The Hall–Kier alpha value is -0.480. The van der Waals surface area contributed by atoms with Crippen LogP contribution in [0.4, 0.5) is 0 Å². The summed E-state index contributed by atoms with van der Waals surface area (Å²) in [5.41, 5.74) is -0.575. The van der Waals surface area contributed by atoms with Crippen LogP contribution in [0.1, 0.15) is 33.0 Å². The van der Waals surface area contributed by atoms with Gasteiger partial charge in [-0.05, 0) is 24.5 Å². The predicted molar refractivity (Wildman–Crippen MR) is 67.5 cm³/mol. The van der Waals surface area contributed by atoms with Crippen LogP contribution in [-0.4, -0.2) is 26.2 Å². The fourth-order valence-corrected chi connectivity index (χ4v) is 3.83. The molecule has 1 unspecified atom stereocenters. The second-order valence-corrected chi connectivity index (χ2v) is 6.39. The summed E-state index contributed by atoms with van der Waals surface area (Å²) < 4.78 is 2.04. The number of imidazole rings is 1. The van der Waals surface area contributed by atoms with Gasteiger partial charge in [-0.15, -0.1) is 0 Å². The van der Waals surface area contributed by atoms with Crippen molar-refractivity contribution in [2.24, 2.45) is 5.41 Å². The minimum absolute atomic E-state index is 0.183. The van der Waals surface area contributed by atoms with E-state index >= 15 is 0 Å². The lowest BCUT2D eigenvalue weighted by Crippen LogP contribution is -2.42. The minimum atomic E-state index is -0.758. The maximum atomic E-state index is 10.8. The van der Waals surface area contributed by atoms with Gasteiger partial charge in [-0.1, -0.05) is 13.8 Å². The number of aryl methyl sites for hydroxylation is 1. The topological polar surface area (TPSA) is 38.0 Å². The SMILES string of the molecule is CCn1ccnc1C1(O)CSCC(C)(C)C1. The summed E-state index contributed by atoms with van der Waals surface area (Å²) in [7, 11) is 0. The summed E-state index contributed by atoms with van der Waals surface area (Å²) in [4.78, 5) is 4.35. The van der Waals surface area contributed by atoms with E-state index in [-0.39, 0.29) is 5.41 Å². The summed E-state index contributed by atoms with van der Waals surface area (Å²) in [6.45, 7) is 7.37. The summed E-state index contributed by atoms with van der Waals surface area (Å²) in [6.07, 6.45) is 4.52. The average molecular weight is 240 g/mol. The van der Waals surface area contributed by atoms with Gasteiger partial charge < -0.3 is 9.67 Å². The van der Waals surface area contributed by atoms with Crippen LogP contribution in [0.3, 0.4) is 0 Å². The molecule has 1 fully saturated rings. The number of rotatable bonds is 2. The largest absolute Gasteiger partial charge is 0.381 e. The molecule has 1 aliphatic heterocycles. The van der Waals surface area contributed by atoms with Crippen LogP contribution in [0.15, 0.2) is 12.4 Å². The maximum Gasteiger partial charge on any atom is 0.141 e. The van der Waals surface area contributed by atoms with Gasteiger partial charge in [0.05, 0.1) is 0 Å². The van der Waals surface area contributed by atoms with Crippen molar-refractivity contribution in [2.75, 3.05) is 11.5 Å². The lowest BCUT2D eigenvalue weighted by Gasteiger charge is -2.40. The van der Waals surface area contributed by atoms with Crippen LogP contribution in [0.2, 0.25) is 0 Å². The van der Waals surface area contributed by atoms with Gasteiger partial charge in [0.15, 0.2) is 0 Å². The first-order valence-corrected chi connectivity index (χ1v) is 6.94. The monoisotopic (exact) mass is 240 g/mol. The molecule has 2 rings (SSSR count). The Kier molecular flexibility index (Phi) is 3.05. The molecule has 0 amide bonds. The van der Waals surface area contributed by atoms with Crippen LogP contribution in [-0.2, 0) is 12.1 Å². The molecule has 90 valence electrons. The Bertz CT molecular complexity index is 375. The molecule has 0 bridgehead atoms. The Morgan fingerprint density at radius 1 is 1.50 bits per heavy atom. The van der Waals surface area contributed by atoms with Gasteiger partial charge in [-0.3, -0.25) is 0 Å². The summed E-state index contributed by atoms with van der Waals surface area (Å²) in [5, 5.41) is 10.8. The molecule has 0 saturated carbocycles. The molecule has 1 aromatic rings. The van der Waals surface area contributed by atoms with Crippen LogP contribution in [0.5, 0.6) is 0 Å². The smallest absolute Gasteiger partial charge is 0.141 e. The van der Waals surface area contributed by atoms with Crippen molar-refractivity contribution in [1.82, 2.24) is 9.55 Å². The Labute approximate surface area is 101 Å².